The van der Waals surface area contributed by atoms with Crippen molar-refractivity contribution in [2.45, 2.75) is 0 Å². The molecular weight excluding hydrogens is 286 g/mol. The maximum Gasteiger partial charge on any atom is 0.328 e. The Morgan fingerprint density at radius 2 is 2.10 bits per heavy atom. The molecule has 0 unspecified atom stereocenters. The number of carbonyl (C=O) groups is 1. The van der Waals surface area contributed by atoms with Gasteiger partial charge in [0.15, 0.2) is 0 Å². The minimum Gasteiger partial charge on any atom is -0.478 e. The van der Waals surface area contributed by atoms with Crippen molar-refractivity contribution >= 4 is 29.3 Å². The zero-order valence-electron chi connectivity index (χ0n) is 9.95. The van der Waals surface area contributed by atoms with Gasteiger partial charge in [-0.05, 0) is 30.3 Å². The lowest BCUT2D eigenvalue weighted by molar-refractivity contribution is -0.384. The Morgan fingerprint density at radius 3 is 2.75 bits per heavy atom. The fraction of sp³-hybridized carbons (Fsp3) is 0. The number of halogens is 1. The Bertz CT molecular complexity index is 705. The molecule has 0 fully saturated rings. The number of rotatable bonds is 4. The number of hydrogen-bond donors (Lipinski definition) is 1. The minimum absolute atomic E-state index is 0.0382. The number of aliphatic carboxylic acids is 1. The molecular formula is C13H8ClNO5. The fourth-order valence-corrected chi connectivity index (χ4v) is 1.74. The van der Waals surface area contributed by atoms with E-state index in [2.05, 4.69) is 0 Å². The second kappa shape index (κ2) is 5.58. The maximum absolute atomic E-state index is 10.8. The first-order chi connectivity index (χ1) is 9.47. The Hall–Kier alpha value is -2.60. The van der Waals surface area contributed by atoms with E-state index in [0.29, 0.717) is 17.1 Å². The highest BCUT2D eigenvalue weighted by Gasteiger charge is 2.14. The van der Waals surface area contributed by atoms with Crippen molar-refractivity contribution in [3.8, 4) is 11.3 Å². The van der Waals surface area contributed by atoms with Crippen molar-refractivity contribution in [1.29, 1.82) is 0 Å². The molecule has 0 radical (unpaired) electrons. The molecule has 1 aromatic carbocycles. The van der Waals surface area contributed by atoms with Gasteiger partial charge in [0.25, 0.3) is 5.69 Å². The highest BCUT2D eigenvalue weighted by Crippen LogP contribution is 2.31. The standard InChI is InChI=1S/C13H8ClNO5/c14-10-4-1-8(7-11(10)15(18)19)12-5-2-9(20-12)3-6-13(16)17/h1-7H,(H,16,17)/b6-3+. The summed E-state index contributed by atoms with van der Waals surface area (Å²) in [5.41, 5.74) is 0.263. The predicted molar refractivity (Wildman–Crippen MR) is 72.5 cm³/mol. The first kappa shape index (κ1) is 13.8. The molecule has 20 heavy (non-hydrogen) atoms. The minimum atomic E-state index is -1.09. The molecule has 1 N–H and O–H groups in total. The number of hydrogen-bond acceptors (Lipinski definition) is 4. The molecule has 2 aromatic rings. The summed E-state index contributed by atoms with van der Waals surface area (Å²) in [7, 11) is 0. The van der Waals surface area contributed by atoms with Crippen molar-refractivity contribution in [3.63, 3.8) is 0 Å². The highest BCUT2D eigenvalue weighted by molar-refractivity contribution is 6.32. The molecule has 102 valence electrons. The molecule has 0 bridgehead atoms. The Morgan fingerprint density at radius 1 is 1.35 bits per heavy atom. The summed E-state index contributed by atoms with van der Waals surface area (Å²) in [5.74, 6) is -0.375. The van der Waals surface area contributed by atoms with E-state index in [-0.39, 0.29) is 10.7 Å². The second-order valence-electron chi connectivity index (χ2n) is 3.80. The Labute approximate surface area is 118 Å². The van der Waals surface area contributed by atoms with Gasteiger partial charge in [0, 0.05) is 17.7 Å². The maximum atomic E-state index is 10.8. The van der Waals surface area contributed by atoms with Gasteiger partial charge in [0.2, 0.25) is 0 Å². The van der Waals surface area contributed by atoms with Crippen molar-refractivity contribution in [2.75, 3.05) is 0 Å². The molecule has 0 aliphatic carbocycles. The van der Waals surface area contributed by atoms with Crippen LogP contribution in [0.1, 0.15) is 5.76 Å². The number of benzene rings is 1. The third-order valence-electron chi connectivity index (χ3n) is 2.44. The second-order valence-corrected chi connectivity index (χ2v) is 4.20. The van der Waals surface area contributed by atoms with Crippen molar-refractivity contribution < 1.29 is 19.2 Å². The van der Waals surface area contributed by atoms with Gasteiger partial charge in [0.05, 0.1) is 4.92 Å². The van der Waals surface area contributed by atoms with E-state index in [9.17, 15) is 14.9 Å². The molecule has 6 nitrogen and oxygen atoms in total. The number of carboxylic acids is 1. The summed E-state index contributed by atoms with van der Waals surface area (Å²) >= 11 is 5.72. The lowest BCUT2D eigenvalue weighted by Gasteiger charge is -1.99. The molecule has 0 saturated heterocycles. The van der Waals surface area contributed by atoms with Crippen molar-refractivity contribution in [1.82, 2.24) is 0 Å². The van der Waals surface area contributed by atoms with E-state index in [4.69, 9.17) is 21.1 Å². The first-order valence-electron chi connectivity index (χ1n) is 5.42. The number of furan rings is 1. The molecule has 1 heterocycles. The summed E-state index contributed by atoms with van der Waals surface area (Å²) in [6.45, 7) is 0. The van der Waals surface area contributed by atoms with Crippen LogP contribution in [-0.4, -0.2) is 16.0 Å². The van der Waals surface area contributed by atoms with Crippen LogP contribution in [0, 0.1) is 10.1 Å². The van der Waals surface area contributed by atoms with Crippen LogP contribution in [0.3, 0.4) is 0 Å². The van der Waals surface area contributed by atoms with Gasteiger partial charge >= 0.3 is 5.97 Å². The average molecular weight is 294 g/mol. The smallest absolute Gasteiger partial charge is 0.328 e. The summed E-state index contributed by atoms with van der Waals surface area (Å²) in [4.78, 5) is 20.6. The van der Waals surface area contributed by atoms with Crippen LogP contribution in [-0.2, 0) is 4.79 Å². The molecule has 0 saturated carbocycles. The zero-order valence-corrected chi connectivity index (χ0v) is 10.7. The zero-order chi connectivity index (χ0) is 14.7. The number of nitro benzene ring substituents is 1. The molecule has 2 rings (SSSR count). The summed E-state index contributed by atoms with van der Waals surface area (Å²) < 4.78 is 5.38. The van der Waals surface area contributed by atoms with E-state index in [1.165, 1.54) is 18.2 Å². The summed E-state index contributed by atoms with van der Waals surface area (Å²) in [6, 6.07) is 7.44. The summed E-state index contributed by atoms with van der Waals surface area (Å²) in [6.07, 6.45) is 2.23. The van der Waals surface area contributed by atoms with Crippen LogP contribution in [0.5, 0.6) is 0 Å². The van der Waals surface area contributed by atoms with Crippen LogP contribution < -0.4 is 0 Å². The predicted octanol–water partition coefficient (Wildman–Crippen LogP) is 3.61. The van der Waals surface area contributed by atoms with Crippen LogP contribution >= 0.6 is 11.6 Å². The molecule has 0 aliphatic rings. The van der Waals surface area contributed by atoms with Gasteiger partial charge in [-0.25, -0.2) is 4.79 Å². The highest BCUT2D eigenvalue weighted by atomic mass is 35.5. The van der Waals surface area contributed by atoms with Gasteiger partial charge in [-0.15, -0.1) is 0 Å². The van der Waals surface area contributed by atoms with Gasteiger partial charge in [-0.3, -0.25) is 10.1 Å². The normalized spacial score (nSPS) is 10.8. The van der Waals surface area contributed by atoms with E-state index < -0.39 is 10.9 Å². The number of carboxylic acid groups (broad SMARTS) is 1. The fourth-order valence-electron chi connectivity index (χ4n) is 1.56. The van der Waals surface area contributed by atoms with E-state index in [1.807, 2.05) is 0 Å². The van der Waals surface area contributed by atoms with Crippen LogP contribution in [0.2, 0.25) is 5.02 Å². The van der Waals surface area contributed by atoms with Gasteiger partial charge in [-0.2, -0.15) is 0 Å². The van der Waals surface area contributed by atoms with E-state index in [0.717, 1.165) is 6.08 Å². The lowest BCUT2D eigenvalue weighted by Crippen LogP contribution is -1.89. The number of nitrogens with zero attached hydrogens (tertiary/aromatic N) is 1. The van der Waals surface area contributed by atoms with Crippen LogP contribution in [0.4, 0.5) is 5.69 Å². The molecule has 0 aliphatic heterocycles. The molecule has 0 atom stereocenters. The SMILES string of the molecule is O=C(O)/C=C/c1ccc(-c2ccc(Cl)c([N+](=O)[O-])c2)o1. The van der Waals surface area contributed by atoms with Crippen LogP contribution in [0.25, 0.3) is 17.4 Å². The topological polar surface area (TPSA) is 93.6 Å². The van der Waals surface area contributed by atoms with Crippen molar-refractivity contribution in [2.24, 2.45) is 0 Å². The third kappa shape index (κ3) is 3.04. The largest absolute Gasteiger partial charge is 0.478 e. The lowest BCUT2D eigenvalue weighted by atomic mass is 10.1. The van der Waals surface area contributed by atoms with Gasteiger partial charge in [-0.1, -0.05) is 11.6 Å². The molecule has 7 heteroatoms. The number of nitro groups is 1. The Kier molecular flexibility index (Phi) is 3.86. The molecule has 0 amide bonds. The Balaban J connectivity index is 2.35. The summed E-state index contributed by atoms with van der Waals surface area (Å²) in [5, 5.41) is 19.3. The average Bonchev–Trinajstić information content (AvgIpc) is 2.85. The van der Waals surface area contributed by atoms with E-state index in [1.54, 1.807) is 18.2 Å². The molecule has 0 spiro atoms. The van der Waals surface area contributed by atoms with Gasteiger partial charge < -0.3 is 9.52 Å². The quantitative estimate of drug-likeness (QED) is 0.528. The van der Waals surface area contributed by atoms with Gasteiger partial charge in [0.1, 0.15) is 16.5 Å². The van der Waals surface area contributed by atoms with Crippen molar-refractivity contribution in [3.05, 3.63) is 57.3 Å². The monoisotopic (exact) mass is 293 g/mol. The van der Waals surface area contributed by atoms with Crippen LogP contribution in [0.15, 0.2) is 40.8 Å². The van der Waals surface area contributed by atoms with E-state index >= 15 is 0 Å². The third-order valence-corrected chi connectivity index (χ3v) is 2.76. The first-order valence-corrected chi connectivity index (χ1v) is 5.80. The molecule has 1 aromatic heterocycles.